The second-order valence-electron chi connectivity index (χ2n) is 2.12. The molecule has 3 heteroatoms. The predicted octanol–water partition coefficient (Wildman–Crippen LogP) is 1.47. The minimum atomic E-state index is 0.181. The molecule has 0 bridgehead atoms. The molecule has 0 aliphatic rings. The van der Waals surface area contributed by atoms with Gasteiger partial charge in [-0.2, -0.15) is 0 Å². The van der Waals surface area contributed by atoms with E-state index in [-0.39, 0.29) is 5.75 Å². The van der Waals surface area contributed by atoms with Crippen LogP contribution in [0.3, 0.4) is 0 Å². The molecule has 0 aliphatic heterocycles. The molecule has 12 heavy (non-hydrogen) atoms. The monoisotopic (exact) mass is 168 g/mol. The van der Waals surface area contributed by atoms with Gasteiger partial charge in [-0.05, 0) is 24.3 Å². The number of carbonyl (C=O) groups excluding carboxylic acids is 1. The minimum absolute atomic E-state index is 0.181. The van der Waals surface area contributed by atoms with E-state index in [1.54, 1.807) is 26.4 Å². The smallest absolute Gasteiger partial charge is 0.150 e. The highest BCUT2D eigenvalue weighted by Gasteiger charge is 1.86. The van der Waals surface area contributed by atoms with Crippen molar-refractivity contribution < 1.29 is 14.6 Å². The first-order valence-electron chi connectivity index (χ1n) is 3.39. The van der Waals surface area contributed by atoms with Crippen molar-refractivity contribution in [1.82, 2.24) is 0 Å². The Hall–Kier alpha value is -1.35. The Labute approximate surface area is 71.6 Å². The molecule has 0 unspecified atom stereocenters. The van der Waals surface area contributed by atoms with E-state index in [1.807, 2.05) is 0 Å². The van der Waals surface area contributed by atoms with Crippen LogP contribution in [0.15, 0.2) is 24.3 Å². The number of ether oxygens (including phenoxy) is 1. The fraction of sp³-hybridized carbons (Fsp3) is 0.222. The first-order chi connectivity index (χ1) is 5.74. The summed E-state index contributed by atoms with van der Waals surface area (Å²) in [5.74, 6) is 0.181. The van der Waals surface area contributed by atoms with E-state index in [0.29, 0.717) is 5.56 Å². The highest BCUT2D eigenvalue weighted by Crippen LogP contribution is 2.07. The third kappa shape index (κ3) is 4.46. The van der Waals surface area contributed by atoms with E-state index >= 15 is 0 Å². The Morgan fingerprint density at radius 2 is 1.67 bits per heavy atom. The Morgan fingerprint density at radius 3 is 2.00 bits per heavy atom. The average Bonchev–Trinajstić information content (AvgIpc) is 2.07. The summed E-state index contributed by atoms with van der Waals surface area (Å²) < 4.78 is 4.25. The zero-order chi connectivity index (χ0) is 9.40. The Bertz CT molecular complexity index is 216. The fourth-order valence-corrected chi connectivity index (χ4v) is 0.553. The van der Waals surface area contributed by atoms with Crippen LogP contribution in [0, 0.1) is 0 Å². The summed E-state index contributed by atoms with van der Waals surface area (Å²) in [5, 5.41) is 8.74. The van der Waals surface area contributed by atoms with Crippen LogP contribution in [0.1, 0.15) is 10.4 Å². The maximum atomic E-state index is 10.0. The van der Waals surface area contributed by atoms with Crippen molar-refractivity contribution in [2.45, 2.75) is 0 Å². The van der Waals surface area contributed by atoms with Crippen LogP contribution in [0.5, 0.6) is 5.75 Å². The summed E-state index contributed by atoms with van der Waals surface area (Å²) in [5.41, 5.74) is 0.577. The molecule has 1 rings (SSSR count). The lowest BCUT2D eigenvalue weighted by Gasteiger charge is -1.88. The Balaban J connectivity index is 0.000000354. The summed E-state index contributed by atoms with van der Waals surface area (Å²) in [6.45, 7) is 0. The molecular formula is C9H12O3. The van der Waals surface area contributed by atoms with E-state index < -0.39 is 0 Å². The number of methoxy groups -OCH3 is 1. The second-order valence-corrected chi connectivity index (χ2v) is 2.12. The molecule has 0 radical (unpaired) electrons. The van der Waals surface area contributed by atoms with Crippen molar-refractivity contribution >= 4 is 6.29 Å². The van der Waals surface area contributed by atoms with E-state index in [9.17, 15) is 4.79 Å². The molecule has 0 aromatic heterocycles. The van der Waals surface area contributed by atoms with Crippen LogP contribution in [0.25, 0.3) is 0 Å². The highest BCUT2D eigenvalue weighted by molar-refractivity contribution is 5.74. The van der Waals surface area contributed by atoms with Gasteiger partial charge in [0.05, 0.1) is 0 Å². The summed E-state index contributed by atoms with van der Waals surface area (Å²) in [6, 6.07) is 6.07. The number of hydrogen-bond donors (Lipinski definition) is 1. The Morgan fingerprint density at radius 1 is 1.25 bits per heavy atom. The number of phenols is 1. The van der Waals surface area contributed by atoms with Gasteiger partial charge in [-0.1, -0.05) is 0 Å². The predicted molar refractivity (Wildman–Crippen MR) is 46.4 cm³/mol. The van der Waals surface area contributed by atoms with Gasteiger partial charge in [-0.3, -0.25) is 4.79 Å². The topological polar surface area (TPSA) is 46.5 Å². The lowest BCUT2D eigenvalue weighted by molar-refractivity contribution is 0.112. The third-order valence-corrected chi connectivity index (χ3v) is 1.03. The third-order valence-electron chi connectivity index (χ3n) is 1.03. The van der Waals surface area contributed by atoms with Crippen molar-refractivity contribution in [3.8, 4) is 5.75 Å². The van der Waals surface area contributed by atoms with Gasteiger partial charge in [0.25, 0.3) is 0 Å². The van der Waals surface area contributed by atoms with Crippen LogP contribution < -0.4 is 0 Å². The van der Waals surface area contributed by atoms with Gasteiger partial charge in [0, 0.05) is 19.8 Å². The molecule has 0 saturated carbocycles. The fourth-order valence-electron chi connectivity index (χ4n) is 0.553. The molecule has 1 aromatic rings. The lowest BCUT2D eigenvalue weighted by Crippen LogP contribution is -1.74. The summed E-state index contributed by atoms with van der Waals surface area (Å²) >= 11 is 0. The minimum Gasteiger partial charge on any atom is -0.508 e. The number of aromatic hydroxyl groups is 1. The van der Waals surface area contributed by atoms with Crippen LogP contribution in [-0.2, 0) is 4.74 Å². The molecule has 3 nitrogen and oxygen atoms in total. The van der Waals surface area contributed by atoms with Gasteiger partial charge in [0.1, 0.15) is 12.0 Å². The SMILES string of the molecule is COC.O=Cc1ccc(O)cc1. The highest BCUT2D eigenvalue weighted by atomic mass is 16.4. The summed E-state index contributed by atoms with van der Waals surface area (Å²) in [4.78, 5) is 10.0. The van der Waals surface area contributed by atoms with Crippen molar-refractivity contribution in [2.24, 2.45) is 0 Å². The molecule has 0 amide bonds. The molecule has 1 aromatic carbocycles. The van der Waals surface area contributed by atoms with E-state index in [1.165, 1.54) is 12.1 Å². The van der Waals surface area contributed by atoms with Crippen LogP contribution in [-0.4, -0.2) is 25.6 Å². The van der Waals surface area contributed by atoms with Crippen LogP contribution >= 0.6 is 0 Å². The number of carbonyl (C=O) groups is 1. The first-order valence-corrected chi connectivity index (χ1v) is 3.39. The van der Waals surface area contributed by atoms with Gasteiger partial charge in [-0.25, -0.2) is 0 Å². The zero-order valence-corrected chi connectivity index (χ0v) is 7.15. The summed E-state index contributed by atoms with van der Waals surface area (Å²) in [6.07, 6.45) is 0.736. The first kappa shape index (κ1) is 10.7. The largest absolute Gasteiger partial charge is 0.508 e. The molecule has 0 spiro atoms. The quantitative estimate of drug-likeness (QED) is 0.646. The summed E-state index contributed by atoms with van der Waals surface area (Å²) in [7, 11) is 3.25. The number of rotatable bonds is 1. The molecule has 0 atom stereocenters. The maximum Gasteiger partial charge on any atom is 0.150 e. The standard InChI is InChI=1S/C7H6O2.C2H6O/c8-5-6-1-3-7(9)4-2-6;1-3-2/h1-5,9H;1-2H3. The maximum absolute atomic E-state index is 10.0. The average molecular weight is 168 g/mol. The molecule has 0 fully saturated rings. The number of benzene rings is 1. The molecule has 0 aliphatic carbocycles. The molecule has 0 heterocycles. The van der Waals surface area contributed by atoms with Gasteiger partial charge in [0.15, 0.2) is 0 Å². The van der Waals surface area contributed by atoms with E-state index in [2.05, 4.69) is 4.74 Å². The van der Waals surface area contributed by atoms with Crippen LogP contribution in [0.4, 0.5) is 0 Å². The second kappa shape index (κ2) is 6.37. The van der Waals surface area contributed by atoms with Crippen LogP contribution in [0.2, 0.25) is 0 Å². The van der Waals surface area contributed by atoms with E-state index in [4.69, 9.17) is 5.11 Å². The number of phenolic OH excluding ortho intramolecular Hbond substituents is 1. The van der Waals surface area contributed by atoms with Crippen molar-refractivity contribution in [3.63, 3.8) is 0 Å². The van der Waals surface area contributed by atoms with Crippen molar-refractivity contribution in [2.75, 3.05) is 14.2 Å². The number of aldehydes is 1. The van der Waals surface area contributed by atoms with Gasteiger partial charge in [-0.15, -0.1) is 0 Å². The van der Waals surface area contributed by atoms with Gasteiger partial charge in [0.2, 0.25) is 0 Å². The molecule has 1 N–H and O–H groups in total. The van der Waals surface area contributed by atoms with Crippen molar-refractivity contribution in [1.29, 1.82) is 0 Å². The Kier molecular flexibility index (Phi) is 5.65. The zero-order valence-electron chi connectivity index (χ0n) is 7.15. The molecular weight excluding hydrogens is 156 g/mol. The number of hydrogen-bond acceptors (Lipinski definition) is 3. The van der Waals surface area contributed by atoms with Gasteiger partial charge >= 0.3 is 0 Å². The van der Waals surface area contributed by atoms with Gasteiger partial charge < -0.3 is 9.84 Å². The normalized spacial score (nSPS) is 8.17. The molecule has 0 saturated heterocycles. The lowest BCUT2D eigenvalue weighted by atomic mass is 10.2. The van der Waals surface area contributed by atoms with Crippen molar-refractivity contribution in [3.05, 3.63) is 29.8 Å². The van der Waals surface area contributed by atoms with E-state index in [0.717, 1.165) is 6.29 Å². The molecule has 66 valence electrons.